The Morgan fingerprint density at radius 2 is 1.95 bits per heavy atom. The van der Waals surface area contributed by atoms with E-state index in [1.54, 1.807) is 7.11 Å². The fourth-order valence-corrected chi connectivity index (χ4v) is 3.97. The number of aliphatic hydroxyl groups is 1. The molecule has 2 atom stereocenters. The van der Waals surface area contributed by atoms with Crippen LogP contribution < -0.4 is 0 Å². The van der Waals surface area contributed by atoms with Gasteiger partial charge in [-0.2, -0.15) is 5.26 Å². The lowest BCUT2D eigenvalue weighted by Crippen LogP contribution is -2.52. The van der Waals surface area contributed by atoms with Gasteiger partial charge in [0.25, 0.3) is 0 Å². The molecule has 3 nitrogen and oxygen atoms in total. The number of fused-ring (bicyclic) bond motifs is 1. The molecule has 3 heteroatoms. The highest BCUT2D eigenvalue weighted by Crippen LogP contribution is 2.50. The number of hydrogen-bond donors (Lipinski definition) is 1. The van der Waals surface area contributed by atoms with Gasteiger partial charge >= 0.3 is 0 Å². The summed E-state index contributed by atoms with van der Waals surface area (Å²) >= 11 is 0. The molecule has 1 N–H and O–H groups in total. The Bertz CT molecular complexity index is 523. The van der Waals surface area contributed by atoms with Gasteiger partial charge in [0, 0.05) is 13.5 Å². The highest BCUT2D eigenvalue weighted by molar-refractivity contribution is 5.39. The maximum absolute atomic E-state index is 11.2. The Labute approximate surface area is 120 Å². The monoisotopic (exact) mass is 271 g/mol. The van der Waals surface area contributed by atoms with Crippen LogP contribution in [0.1, 0.15) is 36.8 Å². The molecule has 0 spiro atoms. The lowest BCUT2D eigenvalue weighted by molar-refractivity contribution is -0.116. The van der Waals surface area contributed by atoms with E-state index in [1.807, 2.05) is 12.1 Å². The Hall–Kier alpha value is -1.37. The summed E-state index contributed by atoms with van der Waals surface area (Å²) in [5.74, 6) is 0. The van der Waals surface area contributed by atoms with E-state index in [4.69, 9.17) is 4.74 Å². The van der Waals surface area contributed by atoms with Crippen molar-refractivity contribution in [3.63, 3.8) is 0 Å². The van der Waals surface area contributed by atoms with E-state index in [9.17, 15) is 10.4 Å². The van der Waals surface area contributed by atoms with Crippen molar-refractivity contribution in [3.8, 4) is 6.07 Å². The number of hydrogen-bond acceptors (Lipinski definition) is 3. The molecule has 2 aliphatic carbocycles. The van der Waals surface area contributed by atoms with E-state index in [0.717, 1.165) is 12.8 Å². The number of nitriles is 1. The van der Waals surface area contributed by atoms with Crippen LogP contribution in [0.2, 0.25) is 0 Å². The normalized spacial score (nSPS) is 31.6. The Balaban J connectivity index is 1.93. The largest absolute Gasteiger partial charge is 0.388 e. The van der Waals surface area contributed by atoms with Crippen LogP contribution in [-0.4, -0.2) is 23.9 Å². The van der Waals surface area contributed by atoms with Gasteiger partial charge in [0.1, 0.15) is 0 Å². The van der Waals surface area contributed by atoms with E-state index < -0.39 is 11.0 Å². The maximum atomic E-state index is 11.2. The highest BCUT2D eigenvalue weighted by Gasteiger charge is 2.55. The fraction of sp³-hybridized carbons (Fsp3) is 0.588. The van der Waals surface area contributed by atoms with Gasteiger partial charge in [-0.1, -0.05) is 24.3 Å². The third-order valence-electron chi connectivity index (χ3n) is 5.22. The van der Waals surface area contributed by atoms with Gasteiger partial charge in [-0.3, -0.25) is 0 Å². The first kappa shape index (κ1) is 13.6. The molecule has 0 aliphatic heterocycles. The summed E-state index contributed by atoms with van der Waals surface area (Å²) in [5, 5.41) is 21.0. The minimum absolute atomic E-state index is 0.0719. The van der Waals surface area contributed by atoms with E-state index >= 15 is 0 Å². The van der Waals surface area contributed by atoms with Crippen LogP contribution in [0.4, 0.5) is 0 Å². The van der Waals surface area contributed by atoms with Crippen molar-refractivity contribution >= 4 is 0 Å². The van der Waals surface area contributed by atoms with Crippen LogP contribution in [0.3, 0.4) is 0 Å². The van der Waals surface area contributed by atoms with Gasteiger partial charge in [-0.15, -0.1) is 0 Å². The smallest absolute Gasteiger partial charge is 0.0941 e. The molecular formula is C17H21NO2. The molecule has 0 saturated heterocycles. The van der Waals surface area contributed by atoms with Crippen molar-refractivity contribution < 1.29 is 9.84 Å². The summed E-state index contributed by atoms with van der Waals surface area (Å²) in [7, 11) is 1.69. The zero-order valence-electron chi connectivity index (χ0n) is 11.9. The molecule has 106 valence electrons. The van der Waals surface area contributed by atoms with E-state index in [-0.39, 0.29) is 6.10 Å². The SMILES string of the molecule is COC1CCCC(O)(C2(C#N)Cc3ccccc3C2)C1. The topological polar surface area (TPSA) is 53.2 Å². The summed E-state index contributed by atoms with van der Waals surface area (Å²) in [6, 6.07) is 10.6. The molecule has 1 aromatic carbocycles. The molecular weight excluding hydrogens is 250 g/mol. The molecule has 0 aromatic heterocycles. The van der Waals surface area contributed by atoms with E-state index in [2.05, 4.69) is 18.2 Å². The quantitative estimate of drug-likeness (QED) is 0.899. The first-order chi connectivity index (χ1) is 9.62. The molecule has 0 heterocycles. The molecule has 0 radical (unpaired) electrons. The number of methoxy groups -OCH3 is 1. The van der Waals surface area contributed by atoms with E-state index in [1.165, 1.54) is 11.1 Å². The minimum atomic E-state index is -0.931. The summed E-state index contributed by atoms with van der Waals surface area (Å²) in [6.45, 7) is 0. The Morgan fingerprint density at radius 1 is 1.30 bits per heavy atom. The van der Waals surface area contributed by atoms with Crippen molar-refractivity contribution in [1.82, 2.24) is 0 Å². The fourth-order valence-electron chi connectivity index (χ4n) is 3.97. The molecule has 3 rings (SSSR count). The second-order valence-electron chi connectivity index (χ2n) is 6.30. The van der Waals surface area contributed by atoms with Crippen molar-refractivity contribution in [2.75, 3.05) is 7.11 Å². The molecule has 2 aliphatic rings. The molecule has 2 unspecified atom stereocenters. The van der Waals surface area contributed by atoms with Gasteiger partial charge in [0.2, 0.25) is 0 Å². The maximum Gasteiger partial charge on any atom is 0.0941 e. The number of nitrogens with zero attached hydrogens (tertiary/aromatic N) is 1. The van der Waals surface area contributed by atoms with Crippen molar-refractivity contribution in [1.29, 1.82) is 5.26 Å². The average molecular weight is 271 g/mol. The number of benzene rings is 1. The van der Waals surface area contributed by atoms with Crippen molar-refractivity contribution in [2.24, 2.45) is 5.41 Å². The van der Waals surface area contributed by atoms with Gasteiger partial charge in [0.15, 0.2) is 0 Å². The van der Waals surface area contributed by atoms with Crippen LogP contribution in [-0.2, 0) is 17.6 Å². The Morgan fingerprint density at radius 3 is 2.50 bits per heavy atom. The standard InChI is InChI=1S/C17H21NO2/c1-20-15-7-4-8-17(19,11-15)16(12-18)9-13-5-2-3-6-14(13)10-16/h2-3,5-6,15,19H,4,7-11H2,1H3. The van der Waals surface area contributed by atoms with Gasteiger partial charge in [-0.25, -0.2) is 0 Å². The zero-order valence-corrected chi connectivity index (χ0v) is 11.9. The molecule has 1 fully saturated rings. The predicted molar refractivity (Wildman–Crippen MR) is 76.1 cm³/mol. The first-order valence-corrected chi connectivity index (χ1v) is 7.36. The van der Waals surface area contributed by atoms with Crippen LogP contribution >= 0.6 is 0 Å². The van der Waals surface area contributed by atoms with E-state index in [0.29, 0.717) is 25.7 Å². The zero-order chi connectivity index (χ0) is 14.2. The number of ether oxygens (including phenoxy) is 1. The van der Waals surface area contributed by atoms with Gasteiger partial charge in [-0.05, 0) is 43.2 Å². The minimum Gasteiger partial charge on any atom is -0.388 e. The number of rotatable bonds is 2. The van der Waals surface area contributed by atoms with Crippen LogP contribution in [0.25, 0.3) is 0 Å². The van der Waals surface area contributed by atoms with Gasteiger partial charge < -0.3 is 9.84 Å². The summed E-state index contributed by atoms with van der Waals surface area (Å²) < 4.78 is 5.44. The first-order valence-electron chi connectivity index (χ1n) is 7.36. The summed E-state index contributed by atoms with van der Waals surface area (Å²) in [6.07, 6.45) is 4.57. The third kappa shape index (κ3) is 1.95. The second-order valence-corrected chi connectivity index (χ2v) is 6.30. The molecule has 0 amide bonds. The summed E-state index contributed by atoms with van der Waals surface area (Å²) in [5.41, 5.74) is 0.803. The average Bonchev–Trinajstić information content (AvgIpc) is 2.87. The van der Waals surface area contributed by atoms with Crippen LogP contribution in [0.15, 0.2) is 24.3 Å². The molecule has 0 bridgehead atoms. The van der Waals surface area contributed by atoms with Crippen LogP contribution in [0, 0.1) is 16.7 Å². The highest BCUT2D eigenvalue weighted by atomic mass is 16.5. The predicted octanol–water partition coefficient (Wildman–Crippen LogP) is 2.62. The summed E-state index contributed by atoms with van der Waals surface area (Å²) in [4.78, 5) is 0. The van der Waals surface area contributed by atoms with Gasteiger partial charge in [0.05, 0.1) is 23.2 Å². The third-order valence-corrected chi connectivity index (χ3v) is 5.22. The lowest BCUT2D eigenvalue weighted by atomic mass is 9.63. The molecule has 1 aromatic rings. The second kappa shape index (κ2) is 4.87. The molecule has 20 heavy (non-hydrogen) atoms. The van der Waals surface area contributed by atoms with Crippen LogP contribution in [0.5, 0.6) is 0 Å². The lowest BCUT2D eigenvalue weighted by Gasteiger charge is -2.45. The van der Waals surface area contributed by atoms with Crippen molar-refractivity contribution in [3.05, 3.63) is 35.4 Å². The molecule has 1 saturated carbocycles. The van der Waals surface area contributed by atoms with Crippen molar-refractivity contribution in [2.45, 2.75) is 50.2 Å². The Kier molecular flexibility index (Phi) is 3.32.